The number of ether oxygens (including phenoxy) is 1. The van der Waals surface area contributed by atoms with E-state index in [1.807, 2.05) is 27.7 Å². The zero-order chi connectivity index (χ0) is 16.2. The summed E-state index contributed by atoms with van der Waals surface area (Å²) < 4.78 is 4.73. The third-order valence-electron chi connectivity index (χ3n) is 3.48. The zero-order valence-electron chi connectivity index (χ0n) is 13.2. The molecule has 0 bridgehead atoms. The molecule has 1 rings (SSSR count). The normalized spacial score (nSPS) is 22.0. The Balaban J connectivity index is 2.78. The van der Waals surface area contributed by atoms with E-state index in [2.05, 4.69) is 5.32 Å². The predicted octanol–water partition coefficient (Wildman–Crippen LogP) is 1.00. The number of hydrogen-bond donors (Lipinski definition) is 1. The Bertz CT molecular complexity index is 412. The molecule has 1 heterocycles. The maximum atomic E-state index is 12.4. The molecule has 21 heavy (non-hydrogen) atoms. The van der Waals surface area contributed by atoms with Gasteiger partial charge in [0.25, 0.3) is 0 Å². The molecule has 1 aliphatic heterocycles. The van der Waals surface area contributed by atoms with E-state index < -0.39 is 22.9 Å². The Labute approximate surface area is 130 Å². The standard InChI is InChI=1S/C14H24N2O4S/c1-9(2)6-10(13(19)20-5)15-12(18)11-7-21-14(3,4)16(11)8-17/h8-11H,6-7H2,1-5H3,(H,15,18)/t10-,11-/m1/s1. The van der Waals surface area contributed by atoms with Crippen LogP contribution in [0.15, 0.2) is 0 Å². The SMILES string of the molecule is COC(=O)[C@@H](CC(C)C)NC(=O)[C@H]1CSC(C)(C)N1C=O. The molecule has 2 atom stereocenters. The van der Waals surface area contributed by atoms with Gasteiger partial charge in [0.2, 0.25) is 12.3 Å². The van der Waals surface area contributed by atoms with Crippen molar-refractivity contribution in [2.24, 2.45) is 5.92 Å². The summed E-state index contributed by atoms with van der Waals surface area (Å²) in [5, 5.41) is 2.72. The van der Waals surface area contributed by atoms with Gasteiger partial charge in [0.1, 0.15) is 12.1 Å². The Morgan fingerprint density at radius 3 is 2.57 bits per heavy atom. The maximum Gasteiger partial charge on any atom is 0.328 e. The van der Waals surface area contributed by atoms with E-state index in [1.165, 1.54) is 12.0 Å². The van der Waals surface area contributed by atoms with Crippen molar-refractivity contribution in [2.45, 2.75) is 51.1 Å². The summed E-state index contributed by atoms with van der Waals surface area (Å²) in [5.74, 6) is -0.00513. The fourth-order valence-corrected chi connectivity index (χ4v) is 3.51. The second-order valence-electron chi connectivity index (χ2n) is 6.00. The van der Waals surface area contributed by atoms with Gasteiger partial charge in [-0.3, -0.25) is 9.59 Å². The van der Waals surface area contributed by atoms with E-state index in [0.29, 0.717) is 18.6 Å². The number of rotatable bonds is 6. The third-order valence-corrected chi connectivity index (χ3v) is 4.88. The van der Waals surface area contributed by atoms with Crippen LogP contribution < -0.4 is 5.32 Å². The lowest BCUT2D eigenvalue weighted by molar-refractivity contribution is -0.146. The molecule has 0 radical (unpaired) electrons. The number of hydrogen-bond acceptors (Lipinski definition) is 5. The first kappa shape index (κ1) is 17.8. The van der Waals surface area contributed by atoms with Crippen molar-refractivity contribution >= 4 is 30.0 Å². The number of amides is 2. The second-order valence-corrected chi connectivity index (χ2v) is 7.62. The van der Waals surface area contributed by atoms with E-state index in [0.717, 1.165) is 0 Å². The molecule has 2 amide bonds. The lowest BCUT2D eigenvalue weighted by atomic mass is 10.0. The lowest BCUT2D eigenvalue weighted by Crippen LogP contribution is -2.53. The largest absolute Gasteiger partial charge is 0.467 e. The number of methoxy groups -OCH3 is 1. The van der Waals surface area contributed by atoms with Gasteiger partial charge in [-0.25, -0.2) is 4.79 Å². The van der Waals surface area contributed by atoms with E-state index in [4.69, 9.17) is 4.74 Å². The summed E-state index contributed by atoms with van der Waals surface area (Å²) in [5.41, 5.74) is 0. The van der Waals surface area contributed by atoms with Gasteiger partial charge in [0.05, 0.1) is 12.0 Å². The molecule has 1 aliphatic rings. The number of esters is 1. The average molecular weight is 316 g/mol. The van der Waals surface area contributed by atoms with Crippen LogP contribution in [-0.4, -0.2) is 53.0 Å². The minimum atomic E-state index is -0.676. The Morgan fingerprint density at radius 2 is 2.10 bits per heavy atom. The smallest absolute Gasteiger partial charge is 0.328 e. The summed E-state index contributed by atoms with van der Waals surface area (Å²) in [6.45, 7) is 7.72. The Morgan fingerprint density at radius 1 is 1.48 bits per heavy atom. The third kappa shape index (κ3) is 4.36. The monoisotopic (exact) mass is 316 g/mol. The van der Waals surface area contributed by atoms with E-state index >= 15 is 0 Å². The van der Waals surface area contributed by atoms with Crippen molar-refractivity contribution in [2.75, 3.05) is 12.9 Å². The van der Waals surface area contributed by atoms with Crippen LogP contribution in [0.4, 0.5) is 0 Å². The molecule has 0 aromatic heterocycles. The number of nitrogens with zero attached hydrogens (tertiary/aromatic N) is 1. The molecule has 0 spiro atoms. The molecule has 0 aromatic rings. The van der Waals surface area contributed by atoms with Crippen molar-refractivity contribution in [3.8, 4) is 0 Å². The molecule has 0 unspecified atom stereocenters. The van der Waals surface area contributed by atoms with Gasteiger partial charge >= 0.3 is 5.97 Å². The van der Waals surface area contributed by atoms with Crippen LogP contribution in [0.5, 0.6) is 0 Å². The van der Waals surface area contributed by atoms with Crippen molar-refractivity contribution in [1.29, 1.82) is 0 Å². The highest BCUT2D eigenvalue weighted by molar-refractivity contribution is 8.00. The van der Waals surface area contributed by atoms with Crippen LogP contribution in [0.3, 0.4) is 0 Å². The molecule has 1 saturated heterocycles. The molecule has 1 N–H and O–H groups in total. The number of nitrogens with one attached hydrogen (secondary N) is 1. The molecule has 120 valence electrons. The van der Waals surface area contributed by atoms with Gasteiger partial charge in [-0.05, 0) is 26.2 Å². The summed E-state index contributed by atoms with van der Waals surface area (Å²) >= 11 is 1.54. The lowest BCUT2D eigenvalue weighted by Gasteiger charge is -2.31. The van der Waals surface area contributed by atoms with Crippen LogP contribution >= 0.6 is 11.8 Å². The van der Waals surface area contributed by atoms with Gasteiger partial charge < -0.3 is 15.0 Å². The minimum absolute atomic E-state index is 0.242. The van der Waals surface area contributed by atoms with Gasteiger partial charge in [-0.1, -0.05) is 13.8 Å². The highest BCUT2D eigenvalue weighted by Gasteiger charge is 2.43. The highest BCUT2D eigenvalue weighted by atomic mass is 32.2. The van der Waals surface area contributed by atoms with Crippen LogP contribution in [-0.2, 0) is 19.1 Å². The predicted molar refractivity (Wildman–Crippen MR) is 81.6 cm³/mol. The van der Waals surface area contributed by atoms with Crippen LogP contribution in [0, 0.1) is 5.92 Å². The molecule has 0 saturated carbocycles. The zero-order valence-corrected chi connectivity index (χ0v) is 14.0. The molecule has 1 fully saturated rings. The number of carbonyl (C=O) groups is 3. The number of carbonyl (C=O) groups excluding carboxylic acids is 3. The topological polar surface area (TPSA) is 75.7 Å². The summed E-state index contributed by atoms with van der Waals surface area (Å²) in [7, 11) is 1.30. The summed E-state index contributed by atoms with van der Waals surface area (Å²) in [6.07, 6.45) is 1.20. The fraction of sp³-hybridized carbons (Fsp3) is 0.786. The van der Waals surface area contributed by atoms with E-state index in [1.54, 1.807) is 11.8 Å². The quantitative estimate of drug-likeness (QED) is 0.584. The molecule has 0 aliphatic carbocycles. The van der Waals surface area contributed by atoms with Crippen molar-refractivity contribution in [3.05, 3.63) is 0 Å². The fourth-order valence-electron chi connectivity index (χ4n) is 2.31. The van der Waals surface area contributed by atoms with Crippen LogP contribution in [0.25, 0.3) is 0 Å². The minimum Gasteiger partial charge on any atom is -0.467 e. The molecular weight excluding hydrogens is 292 g/mol. The van der Waals surface area contributed by atoms with Crippen molar-refractivity contribution in [3.63, 3.8) is 0 Å². The molecule has 6 nitrogen and oxygen atoms in total. The first-order valence-electron chi connectivity index (χ1n) is 6.98. The van der Waals surface area contributed by atoms with E-state index in [-0.39, 0.29) is 11.8 Å². The Kier molecular flexibility index (Phi) is 6.07. The van der Waals surface area contributed by atoms with Crippen molar-refractivity contribution < 1.29 is 19.1 Å². The second kappa shape index (κ2) is 7.15. The molecular formula is C14H24N2O4S. The molecule has 0 aromatic carbocycles. The van der Waals surface area contributed by atoms with Gasteiger partial charge in [-0.15, -0.1) is 11.8 Å². The average Bonchev–Trinajstić information content (AvgIpc) is 2.71. The highest BCUT2D eigenvalue weighted by Crippen LogP contribution is 2.37. The Hall–Kier alpha value is -1.24. The van der Waals surface area contributed by atoms with Crippen LogP contribution in [0.1, 0.15) is 34.1 Å². The summed E-state index contributed by atoms with van der Waals surface area (Å²) in [4.78, 5) is 36.4. The molecule has 7 heteroatoms. The first-order chi connectivity index (χ1) is 9.72. The first-order valence-corrected chi connectivity index (χ1v) is 7.97. The van der Waals surface area contributed by atoms with Crippen LogP contribution in [0.2, 0.25) is 0 Å². The summed E-state index contributed by atoms with van der Waals surface area (Å²) in [6, 6.07) is -1.23. The maximum absolute atomic E-state index is 12.4. The van der Waals surface area contributed by atoms with Gasteiger partial charge in [0, 0.05) is 5.75 Å². The van der Waals surface area contributed by atoms with Gasteiger partial charge in [-0.2, -0.15) is 0 Å². The van der Waals surface area contributed by atoms with E-state index in [9.17, 15) is 14.4 Å². The number of thioether (sulfide) groups is 1. The van der Waals surface area contributed by atoms with Gasteiger partial charge in [0.15, 0.2) is 0 Å². The van der Waals surface area contributed by atoms with Crippen molar-refractivity contribution in [1.82, 2.24) is 10.2 Å².